The molecule has 1 aliphatic heterocycles. The Kier molecular flexibility index (Phi) is 5.11. The van der Waals surface area contributed by atoms with Crippen LogP contribution in [0.3, 0.4) is 0 Å². The van der Waals surface area contributed by atoms with Crippen molar-refractivity contribution >= 4 is 11.6 Å². The van der Waals surface area contributed by atoms with Crippen LogP contribution in [-0.2, 0) is 0 Å². The molecule has 0 bridgehead atoms. The minimum atomic E-state index is 0.000875. The number of rotatable bonds is 4. The third-order valence-corrected chi connectivity index (χ3v) is 5.40. The highest BCUT2D eigenvalue weighted by atomic mass is 16.5. The molecule has 1 aromatic heterocycles. The smallest absolute Gasteiger partial charge is 0.256 e. The molecule has 1 amide bonds. The second kappa shape index (κ2) is 7.30. The Labute approximate surface area is 149 Å². The van der Waals surface area contributed by atoms with E-state index in [4.69, 9.17) is 10.3 Å². The lowest BCUT2D eigenvalue weighted by Gasteiger charge is -2.37. The number of benzene rings is 1. The van der Waals surface area contributed by atoms with Crippen LogP contribution in [0.4, 0.5) is 5.69 Å². The van der Waals surface area contributed by atoms with Crippen molar-refractivity contribution in [1.82, 2.24) is 10.1 Å². The Morgan fingerprint density at radius 3 is 2.88 bits per heavy atom. The highest BCUT2D eigenvalue weighted by Gasteiger charge is 2.32. The van der Waals surface area contributed by atoms with Crippen molar-refractivity contribution in [2.24, 2.45) is 0 Å². The first kappa shape index (κ1) is 17.5. The van der Waals surface area contributed by atoms with Gasteiger partial charge in [-0.1, -0.05) is 31.1 Å². The molecule has 25 heavy (non-hydrogen) atoms. The van der Waals surface area contributed by atoms with Gasteiger partial charge in [0.25, 0.3) is 5.91 Å². The molecule has 1 saturated heterocycles. The van der Waals surface area contributed by atoms with Crippen LogP contribution in [-0.4, -0.2) is 28.6 Å². The summed E-state index contributed by atoms with van der Waals surface area (Å²) in [5, 5.41) is 4.28. The Balaban J connectivity index is 1.79. The number of hydrogen-bond acceptors (Lipinski definition) is 4. The van der Waals surface area contributed by atoms with E-state index in [9.17, 15) is 4.79 Å². The van der Waals surface area contributed by atoms with Crippen molar-refractivity contribution in [3.05, 3.63) is 47.3 Å². The Hall–Kier alpha value is -2.30. The summed E-state index contributed by atoms with van der Waals surface area (Å²) in [4.78, 5) is 14.9. The van der Waals surface area contributed by atoms with E-state index in [2.05, 4.69) is 32.0 Å². The number of piperidine rings is 1. The first-order valence-corrected chi connectivity index (χ1v) is 9.13. The van der Waals surface area contributed by atoms with Crippen molar-refractivity contribution < 1.29 is 9.32 Å². The van der Waals surface area contributed by atoms with Gasteiger partial charge in [0.05, 0.1) is 11.3 Å². The summed E-state index contributed by atoms with van der Waals surface area (Å²) in [6.07, 6.45) is 2.99. The molecule has 3 rings (SSSR count). The molecule has 5 heteroatoms. The molecule has 2 unspecified atom stereocenters. The van der Waals surface area contributed by atoms with Crippen LogP contribution in [0.1, 0.15) is 73.7 Å². The Bertz CT molecular complexity index is 740. The van der Waals surface area contributed by atoms with Crippen molar-refractivity contribution in [2.45, 2.75) is 57.9 Å². The minimum absolute atomic E-state index is 0.000875. The molecular weight excluding hydrogens is 314 g/mol. The standard InChI is InChI=1S/C20H27N3O2/c1-4-13(2)19-11-18(22-25-19)15-10-9-14(3)23(12-15)20(24)16-7-5-6-8-17(16)21/h5-8,11,13-15H,4,9-10,12,21H2,1-3H3/t13?,14-,15?/m1/s1. The molecule has 2 aromatic rings. The van der Waals surface area contributed by atoms with Crippen LogP contribution in [0.25, 0.3) is 0 Å². The SMILES string of the molecule is CCC(C)c1cc(C2CC[C@@H](C)N(C(=O)c3ccccc3N)C2)no1. The maximum Gasteiger partial charge on any atom is 0.256 e. The fraction of sp³-hybridized carbons (Fsp3) is 0.500. The largest absolute Gasteiger partial charge is 0.398 e. The second-order valence-electron chi connectivity index (χ2n) is 7.13. The molecule has 0 aliphatic carbocycles. The van der Waals surface area contributed by atoms with Gasteiger partial charge in [-0.15, -0.1) is 0 Å². The first-order valence-electron chi connectivity index (χ1n) is 9.13. The molecule has 0 radical (unpaired) electrons. The lowest BCUT2D eigenvalue weighted by Crippen LogP contribution is -2.45. The number of nitrogen functional groups attached to an aromatic ring is 1. The molecule has 3 atom stereocenters. The highest BCUT2D eigenvalue weighted by Crippen LogP contribution is 2.32. The summed E-state index contributed by atoms with van der Waals surface area (Å²) in [7, 11) is 0. The molecule has 2 N–H and O–H groups in total. The number of amides is 1. The lowest BCUT2D eigenvalue weighted by atomic mass is 9.89. The summed E-state index contributed by atoms with van der Waals surface area (Å²) in [6, 6.07) is 9.53. The third kappa shape index (κ3) is 3.55. The monoisotopic (exact) mass is 341 g/mol. The van der Waals surface area contributed by atoms with E-state index in [1.807, 2.05) is 17.0 Å². The average Bonchev–Trinajstić information content (AvgIpc) is 3.11. The van der Waals surface area contributed by atoms with Crippen LogP contribution >= 0.6 is 0 Å². The molecule has 5 nitrogen and oxygen atoms in total. The van der Waals surface area contributed by atoms with Gasteiger partial charge < -0.3 is 15.2 Å². The molecule has 1 aromatic carbocycles. The van der Waals surface area contributed by atoms with E-state index in [1.54, 1.807) is 12.1 Å². The van der Waals surface area contributed by atoms with Gasteiger partial charge in [-0.3, -0.25) is 4.79 Å². The summed E-state index contributed by atoms with van der Waals surface area (Å²) in [5.41, 5.74) is 8.06. The summed E-state index contributed by atoms with van der Waals surface area (Å²) in [5.74, 6) is 1.51. The Morgan fingerprint density at radius 1 is 1.40 bits per heavy atom. The van der Waals surface area contributed by atoms with Crippen LogP contribution in [0.15, 0.2) is 34.9 Å². The highest BCUT2D eigenvalue weighted by molar-refractivity contribution is 5.99. The minimum Gasteiger partial charge on any atom is -0.398 e. The predicted octanol–water partition coefficient (Wildman–Crippen LogP) is 4.18. The average molecular weight is 341 g/mol. The molecule has 1 aliphatic rings. The second-order valence-corrected chi connectivity index (χ2v) is 7.13. The molecule has 0 spiro atoms. The van der Waals surface area contributed by atoms with Crippen molar-refractivity contribution in [2.75, 3.05) is 12.3 Å². The van der Waals surface area contributed by atoms with E-state index in [0.29, 0.717) is 23.7 Å². The van der Waals surface area contributed by atoms with Crippen molar-refractivity contribution in [1.29, 1.82) is 0 Å². The van der Waals surface area contributed by atoms with Gasteiger partial charge in [0.15, 0.2) is 0 Å². The van der Waals surface area contributed by atoms with Crippen LogP contribution in [0.2, 0.25) is 0 Å². The van der Waals surface area contributed by atoms with Gasteiger partial charge in [0.1, 0.15) is 5.76 Å². The fourth-order valence-electron chi connectivity index (χ4n) is 3.41. The number of aromatic nitrogens is 1. The topological polar surface area (TPSA) is 72.4 Å². The van der Waals surface area contributed by atoms with Gasteiger partial charge in [-0.2, -0.15) is 0 Å². The van der Waals surface area contributed by atoms with E-state index >= 15 is 0 Å². The summed E-state index contributed by atoms with van der Waals surface area (Å²) in [6.45, 7) is 7.03. The van der Waals surface area contributed by atoms with Crippen LogP contribution in [0.5, 0.6) is 0 Å². The zero-order valence-electron chi connectivity index (χ0n) is 15.2. The van der Waals surface area contributed by atoms with E-state index < -0.39 is 0 Å². The van der Waals surface area contributed by atoms with Gasteiger partial charge in [-0.05, 0) is 38.3 Å². The summed E-state index contributed by atoms with van der Waals surface area (Å²) >= 11 is 0. The predicted molar refractivity (Wildman–Crippen MR) is 98.5 cm³/mol. The van der Waals surface area contributed by atoms with Gasteiger partial charge in [-0.25, -0.2) is 0 Å². The number of anilines is 1. The van der Waals surface area contributed by atoms with Crippen LogP contribution in [0, 0.1) is 0 Å². The number of likely N-dealkylation sites (tertiary alicyclic amines) is 1. The van der Waals surface area contributed by atoms with Crippen LogP contribution < -0.4 is 5.73 Å². The normalized spacial score (nSPS) is 22.0. The molecular formula is C20H27N3O2. The summed E-state index contributed by atoms with van der Waals surface area (Å²) < 4.78 is 5.52. The number of carbonyl (C=O) groups is 1. The fourth-order valence-corrected chi connectivity index (χ4v) is 3.41. The number of para-hydroxylation sites is 1. The Morgan fingerprint density at radius 2 is 2.16 bits per heavy atom. The molecule has 2 heterocycles. The lowest BCUT2D eigenvalue weighted by molar-refractivity contribution is 0.0607. The van der Waals surface area contributed by atoms with E-state index in [1.165, 1.54) is 0 Å². The molecule has 0 saturated carbocycles. The van der Waals surface area contributed by atoms with Crippen molar-refractivity contribution in [3.63, 3.8) is 0 Å². The van der Waals surface area contributed by atoms with E-state index in [-0.39, 0.29) is 17.9 Å². The zero-order valence-corrected chi connectivity index (χ0v) is 15.2. The maximum atomic E-state index is 13.0. The quantitative estimate of drug-likeness (QED) is 0.847. The number of nitrogens with zero attached hydrogens (tertiary/aromatic N) is 2. The van der Waals surface area contributed by atoms with Gasteiger partial charge >= 0.3 is 0 Å². The van der Waals surface area contributed by atoms with Gasteiger partial charge in [0, 0.05) is 36.2 Å². The molecule has 134 valence electrons. The number of hydrogen-bond donors (Lipinski definition) is 1. The number of nitrogens with two attached hydrogens (primary N) is 1. The van der Waals surface area contributed by atoms with Gasteiger partial charge in [0.2, 0.25) is 0 Å². The van der Waals surface area contributed by atoms with Crippen molar-refractivity contribution in [3.8, 4) is 0 Å². The zero-order chi connectivity index (χ0) is 18.0. The first-order chi connectivity index (χ1) is 12.0. The number of carbonyl (C=O) groups excluding carboxylic acids is 1. The maximum absolute atomic E-state index is 13.0. The molecule has 1 fully saturated rings. The van der Waals surface area contributed by atoms with E-state index in [0.717, 1.165) is 30.7 Å². The third-order valence-electron chi connectivity index (χ3n) is 5.40.